The molecular weight excluding hydrogens is 1010 g/mol. The molecule has 0 aliphatic carbocycles. The van der Waals surface area contributed by atoms with Crippen LogP contribution < -0.4 is 23.7 Å². The Morgan fingerprint density at radius 1 is 0.865 bits per heavy atom. The Bertz CT molecular complexity index is 3190. The van der Waals surface area contributed by atoms with E-state index < -0.39 is 36.2 Å². The Morgan fingerprint density at radius 3 is 2.36 bits per heavy atom. The van der Waals surface area contributed by atoms with Gasteiger partial charge in [0.05, 0.1) is 34.3 Å². The average Bonchev–Trinajstić information content (AvgIpc) is 4.11. The summed E-state index contributed by atoms with van der Waals surface area (Å²) in [7, 11) is 2.10. The van der Waals surface area contributed by atoms with Gasteiger partial charge in [0.1, 0.15) is 71.9 Å². The van der Waals surface area contributed by atoms with Gasteiger partial charge in [-0.25, -0.2) is 29.1 Å². The molecule has 5 aliphatic heterocycles. The number of carboxylic acids is 1. The van der Waals surface area contributed by atoms with Gasteiger partial charge in [-0.2, -0.15) is 0 Å². The number of benzene rings is 4. The van der Waals surface area contributed by atoms with Gasteiger partial charge >= 0.3 is 5.97 Å². The summed E-state index contributed by atoms with van der Waals surface area (Å²) in [6, 6.07) is 20.4. The van der Waals surface area contributed by atoms with Crippen molar-refractivity contribution in [1.82, 2.24) is 29.7 Å². The van der Waals surface area contributed by atoms with Crippen LogP contribution in [-0.4, -0.2) is 142 Å². The highest BCUT2D eigenvalue weighted by Crippen LogP contribution is 2.53. The van der Waals surface area contributed by atoms with Crippen LogP contribution in [0.1, 0.15) is 22.4 Å². The summed E-state index contributed by atoms with van der Waals surface area (Å²) in [5.74, 6) is 0.533. The maximum absolute atomic E-state index is 14.4. The number of ether oxygens (including phenoxy) is 7. The van der Waals surface area contributed by atoms with E-state index in [4.69, 9.17) is 61.3 Å². The molecule has 384 valence electrons. The molecule has 0 amide bonds. The molecule has 2 N–H and O–H groups in total. The quantitative estimate of drug-likeness (QED) is 0.133. The van der Waals surface area contributed by atoms with Crippen molar-refractivity contribution in [3.05, 3.63) is 124 Å². The number of aliphatic carboxylic acids is 1. The lowest BCUT2D eigenvalue weighted by Crippen LogP contribution is -2.49. The summed E-state index contributed by atoms with van der Waals surface area (Å²) in [5, 5.41) is 22.1. The molecule has 20 heteroatoms. The van der Waals surface area contributed by atoms with Crippen LogP contribution >= 0.6 is 34.5 Å². The number of hydrogen-bond acceptors (Lipinski definition) is 16. The molecule has 4 aromatic carbocycles. The summed E-state index contributed by atoms with van der Waals surface area (Å²) in [4.78, 5) is 37.7. The Balaban J connectivity index is 0.937. The molecule has 4 bridgehead atoms. The van der Waals surface area contributed by atoms with Crippen molar-refractivity contribution < 1.29 is 52.6 Å². The molecule has 8 heterocycles. The third kappa shape index (κ3) is 10.2. The first-order valence-electron chi connectivity index (χ1n) is 24.2. The van der Waals surface area contributed by atoms with Gasteiger partial charge in [0.25, 0.3) is 0 Å². The highest BCUT2D eigenvalue weighted by Gasteiger charge is 2.48. The number of carboxylic acid groups (broad SMARTS) is 1. The average molecular weight is 1070 g/mol. The van der Waals surface area contributed by atoms with Crippen LogP contribution in [0.2, 0.25) is 10.0 Å². The number of likely N-dealkylation sites (N-methyl/N-ethyl adjacent to an activating group) is 1. The van der Waals surface area contributed by atoms with Crippen LogP contribution in [0.5, 0.6) is 28.9 Å². The zero-order chi connectivity index (χ0) is 51.2. The van der Waals surface area contributed by atoms with E-state index in [0.29, 0.717) is 96.1 Å². The molecule has 74 heavy (non-hydrogen) atoms. The van der Waals surface area contributed by atoms with E-state index >= 15 is 0 Å². The number of fused-ring (bicyclic) bond motifs is 8. The molecule has 3 aromatic heterocycles. The van der Waals surface area contributed by atoms with Crippen LogP contribution in [0.15, 0.2) is 85.3 Å². The summed E-state index contributed by atoms with van der Waals surface area (Å²) in [6.07, 6.45) is -1.00. The van der Waals surface area contributed by atoms with E-state index in [0.717, 1.165) is 31.7 Å². The first kappa shape index (κ1) is 50.0. The summed E-state index contributed by atoms with van der Waals surface area (Å²) in [5.41, 5.74) is 4.99. The van der Waals surface area contributed by atoms with Crippen LogP contribution in [0, 0.1) is 19.7 Å². The second-order valence-electron chi connectivity index (χ2n) is 18.8. The smallest absolute Gasteiger partial charge is 0.345 e. The van der Waals surface area contributed by atoms with Gasteiger partial charge in [0.15, 0.2) is 17.7 Å². The van der Waals surface area contributed by atoms with Crippen molar-refractivity contribution in [2.45, 2.75) is 63.5 Å². The Hall–Kier alpha value is -6.22. The first-order chi connectivity index (χ1) is 35.8. The molecule has 0 radical (unpaired) electrons. The SMILES string of the molecule is Cc1c(Cl)c2c(Cl)c(C)c1-c1c(-c3ccc(F)cc3)sc3ncnc(c13)O[C@@H](C(=O)O)Cc1cc(ccc1OCc1ccnc(-c3ccc(OC4CO[C@H]5[C@@H]4OC[C@@H]5O)cc3)n1)OC[C@@H](CN1CCN(C)CC1)O2. The van der Waals surface area contributed by atoms with Gasteiger partial charge in [-0.15, -0.1) is 11.3 Å². The number of aromatic nitrogens is 4. The van der Waals surface area contributed by atoms with E-state index in [1.807, 2.05) is 38.1 Å². The number of piperazine rings is 1. The highest BCUT2D eigenvalue weighted by atomic mass is 35.5. The number of nitrogens with zero attached hydrogens (tertiary/aromatic N) is 6. The predicted molar refractivity (Wildman–Crippen MR) is 275 cm³/mol. The number of aliphatic hydroxyl groups excluding tert-OH is 1. The molecule has 6 atom stereocenters. The minimum Gasteiger partial charge on any atom is -0.490 e. The summed E-state index contributed by atoms with van der Waals surface area (Å²) in [6.45, 7) is 8.29. The van der Waals surface area contributed by atoms with Crippen molar-refractivity contribution in [1.29, 1.82) is 0 Å². The lowest BCUT2D eigenvalue weighted by molar-refractivity contribution is -0.145. The van der Waals surface area contributed by atoms with Gasteiger partial charge in [-0.05, 0) is 104 Å². The Kier molecular flexibility index (Phi) is 14.3. The molecule has 5 aliphatic rings. The summed E-state index contributed by atoms with van der Waals surface area (Å²) < 4.78 is 58.4. The lowest BCUT2D eigenvalue weighted by atomic mass is 9.92. The zero-order valence-corrected chi connectivity index (χ0v) is 42.8. The molecule has 12 rings (SSSR count). The fraction of sp³-hybridized carbons (Fsp3) is 0.352. The maximum atomic E-state index is 14.4. The zero-order valence-electron chi connectivity index (χ0n) is 40.5. The number of halogens is 3. The molecule has 0 saturated carbocycles. The van der Waals surface area contributed by atoms with Crippen LogP contribution in [0.3, 0.4) is 0 Å². The predicted octanol–water partition coefficient (Wildman–Crippen LogP) is 8.49. The van der Waals surface area contributed by atoms with Gasteiger partial charge in [-0.1, -0.05) is 35.3 Å². The lowest BCUT2D eigenvalue weighted by Gasteiger charge is -2.35. The van der Waals surface area contributed by atoms with Crippen molar-refractivity contribution in [3.63, 3.8) is 0 Å². The van der Waals surface area contributed by atoms with Crippen molar-refractivity contribution in [3.8, 4) is 61.8 Å². The minimum absolute atomic E-state index is 0.00788. The number of rotatable bonds is 10. The number of carbonyl (C=O) groups is 1. The monoisotopic (exact) mass is 1060 g/mol. The summed E-state index contributed by atoms with van der Waals surface area (Å²) >= 11 is 16.0. The second-order valence-corrected chi connectivity index (χ2v) is 20.6. The maximum Gasteiger partial charge on any atom is 0.345 e. The van der Waals surface area contributed by atoms with Crippen LogP contribution in [0.25, 0.3) is 43.2 Å². The Labute approximate surface area is 439 Å². The largest absolute Gasteiger partial charge is 0.490 e. The molecule has 3 fully saturated rings. The molecule has 16 nitrogen and oxygen atoms in total. The third-order valence-electron chi connectivity index (χ3n) is 13.8. The van der Waals surface area contributed by atoms with Crippen LogP contribution in [0.4, 0.5) is 4.39 Å². The van der Waals surface area contributed by atoms with E-state index in [-0.39, 0.29) is 54.4 Å². The number of thiophene rings is 1. The van der Waals surface area contributed by atoms with E-state index in [1.54, 1.807) is 42.6 Å². The van der Waals surface area contributed by atoms with Gasteiger partial charge in [0.2, 0.25) is 12.0 Å². The first-order valence-corrected chi connectivity index (χ1v) is 25.8. The fourth-order valence-corrected chi connectivity index (χ4v) is 11.5. The van der Waals surface area contributed by atoms with Crippen molar-refractivity contribution in [2.75, 3.05) is 59.6 Å². The van der Waals surface area contributed by atoms with E-state index in [2.05, 4.69) is 31.8 Å². The Morgan fingerprint density at radius 2 is 1.61 bits per heavy atom. The topological polar surface area (TPSA) is 180 Å². The van der Waals surface area contributed by atoms with Gasteiger partial charge in [-0.3, -0.25) is 4.90 Å². The highest BCUT2D eigenvalue weighted by molar-refractivity contribution is 7.22. The normalized spacial score (nSPS) is 22.1. The van der Waals surface area contributed by atoms with Crippen LogP contribution in [-0.2, 0) is 27.3 Å². The number of aliphatic hydroxyl groups is 1. The number of hydrogen-bond donors (Lipinski definition) is 2. The standard InChI is InChI=1S/C54H51Cl2FN6O10S/c1-28-42-29(2)46(56)49(45(28)55)72-37(22-63-18-16-62(3)17-19-63)24-67-36-12-13-39(68-23-34-14-15-58-51(61-34)31-6-10-35(11-7-31)71-41-26-70-47-38(64)25-69-48(41)47)32(20-36)21-40(54(65)66)73-52-44-43(42)50(74-53(44)60-27-59-52)30-4-8-33(57)9-5-30/h4-15,20,27,37-38,40-41,47-48,64H,16-19,21-26H2,1-3H3,(H,65,66)/t37-,38+,40-,41?,47-,48-/m1/s1. The second kappa shape index (κ2) is 21.2. The fourth-order valence-electron chi connectivity index (χ4n) is 9.88. The van der Waals surface area contributed by atoms with Gasteiger partial charge < -0.3 is 48.3 Å². The van der Waals surface area contributed by atoms with E-state index in [9.17, 15) is 19.4 Å². The molecular formula is C54H51Cl2FN6O10S. The third-order valence-corrected chi connectivity index (χ3v) is 15.9. The minimum atomic E-state index is -1.49. The molecule has 1 unspecified atom stereocenters. The molecule has 0 spiro atoms. The molecule has 7 aromatic rings. The molecule has 3 saturated heterocycles. The van der Waals surface area contributed by atoms with Crippen molar-refractivity contribution >= 4 is 50.7 Å². The van der Waals surface area contributed by atoms with Gasteiger partial charge in [0, 0.05) is 66.9 Å². The van der Waals surface area contributed by atoms with Crippen molar-refractivity contribution in [2.24, 2.45) is 0 Å². The van der Waals surface area contributed by atoms with E-state index in [1.165, 1.54) is 29.8 Å².